The Kier molecular flexibility index (Phi) is 10.2. The number of halogens is 6. The number of sulfonamides is 1. The largest absolute Gasteiger partial charge is 0.488 e. The third-order valence-corrected chi connectivity index (χ3v) is 11.9. The smallest absolute Gasteiger partial charge is 0.335 e. The van der Waals surface area contributed by atoms with Gasteiger partial charge < -0.3 is 14.7 Å². The highest BCUT2D eigenvalue weighted by Crippen LogP contribution is 2.46. The number of rotatable bonds is 14. The van der Waals surface area contributed by atoms with Gasteiger partial charge in [0.1, 0.15) is 11.5 Å². The zero-order valence-electron chi connectivity index (χ0n) is 27.9. The van der Waals surface area contributed by atoms with Gasteiger partial charge in [0.05, 0.1) is 34.6 Å². The van der Waals surface area contributed by atoms with Gasteiger partial charge in [0.25, 0.3) is 0 Å². The molecule has 3 aliphatic rings. The Hall–Kier alpha value is -4.14. The fraction of sp³-hybridized carbons (Fsp3) is 0.316. The molecule has 0 bridgehead atoms. The minimum atomic E-state index is -4.96. The van der Waals surface area contributed by atoms with Gasteiger partial charge in [-0.15, -0.1) is 0 Å². The lowest BCUT2D eigenvalue weighted by atomic mass is 9.99. The number of ether oxygens (including phenoxy) is 1. The summed E-state index contributed by atoms with van der Waals surface area (Å²) in [6.45, 7) is -0.136. The monoisotopic (exact) mass is 834 g/mol. The van der Waals surface area contributed by atoms with Crippen molar-refractivity contribution in [1.82, 2.24) is 0 Å². The molecule has 3 aliphatic carbocycles. The average Bonchev–Trinajstić information content (AvgIpc) is 3.95. The number of carbonyl (C=O) groups is 2. The molecule has 3 saturated carbocycles. The minimum absolute atomic E-state index is 0.0467. The Balaban J connectivity index is 1.25. The maximum atomic E-state index is 15.4. The number of carboxylic acid groups (broad SMARTS) is 1. The van der Waals surface area contributed by atoms with Gasteiger partial charge in [0.2, 0.25) is 15.9 Å². The summed E-state index contributed by atoms with van der Waals surface area (Å²) in [6.07, 6.45) is 4.60. The lowest BCUT2D eigenvalue weighted by molar-refractivity contribution is -0.116. The van der Waals surface area contributed by atoms with E-state index in [-0.39, 0.29) is 40.2 Å². The number of hydrogen-bond donors (Lipinski definition) is 2. The summed E-state index contributed by atoms with van der Waals surface area (Å²) in [7, 11) is -4.96. The highest BCUT2D eigenvalue weighted by atomic mass is 79.9. The first kappa shape index (κ1) is 37.2. The van der Waals surface area contributed by atoms with Crippen LogP contribution in [-0.4, -0.2) is 37.3 Å². The molecule has 0 spiro atoms. The predicted octanol–water partition coefficient (Wildman–Crippen LogP) is 9.22. The van der Waals surface area contributed by atoms with Crippen LogP contribution in [0, 0.1) is 23.3 Å². The first-order valence-corrected chi connectivity index (χ1v) is 19.8. The maximum Gasteiger partial charge on any atom is 0.335 e. The first-order valence-electron chi connectivity index (χ1n) is 17.0. The van der Waals surface area contributed by atoms with Gasteiger partial charge in [0, 0.05) is 16.5 Å². The molecule has 0 atom stereocenters. The molecule has 0 heterocycles. The minimum Gasteiger partial charge on any atom is -0.488 e. The lowest BCUT2D eigenvalue weighted by Crippen LogP contribution is -2.37. The molecule has 2 N–H and O–H groups in total. The number of carbonyl (C=O) groups excluding carboxylic acids is 1. The quantitative estimate of drug-likeness (QED) is 0.0745. The van der Waals surface area contributed by atoms with E-state index in [0.29, 0.717) is 34.7 Å². The van der Waals surface area contributed by atoms with Crippen LogP contribution in [-0.2, 0) is 27.8 Å². The van der Waals surface area contributed by atoms with Gasteiger partial charge in [-0.3, -0.25) is 9.52 Å². The number of benzene rings is 4. The topological polar surface area (TPSA) is 113 Å². The Morgan fingerprint density at radius 3 is 2.13 bits per heavy atom. The van der Waals surface area contributed by atoms with E-state index < -0.39 is 68.6 Å². The number of hydrogen-bond acceptors (Lipinski definition) is 5. The Labute approximate surface area is 316 Å². The summed E-state index contributed by atoms with van der Waals surface area (Å²) in [5.74, 6) is -11.1. The number of nitrogens with zero attached hydrogens (tertiary/aromatic N) is 1. The SMILES string of the molecule is O=C(O)c1ccc(N(Cc2cc(C3CC3)cc(C3CC3)c2)C(=O)CS(=O)(=O)Nc2c(F)c(F)c(F)c(F)c2Cc2cccc(Br)c2Cl)c(OC2CC2)c1. The van der Waals surface area contributed by atoms with Gasteiger partial charge >= 0.3 is 5.97 Å². The third kappa shape index (κ3) is 8.34. The van der Waals surface area contributed by atoms with E-state index in [1.54, 1.807) is 10.8 Å². The van der Waals surface area contributed by atoms with E-state index in [4.69, 9.17) is 16.3 Å². The van der Waals surface area contributed by atoms with Crippen LogP contribution in [0.25, 0.3) is 0 Å². The van der Waals surface area contributed by atoms with Crippen molar-refractivity contribution in [3.8, 4) is 5.75 Å². The van der Waals surface area contributed by atoms with Crippen molar-refractivity contribution in [2.75, 3.05) is 15.4 Å². The molecule has 0 aromatic heterocycles. The Morgan fingerprint density at radius 1 is 0.887 bits per heavy atom. The maximum absolute atomic E-state index is 15.4. The van der Waals surface area contributed by atoms with Crippen LogP contribution in [0.15, 0.2) is 59.1 Å². The molecule has 15 heteroatoms. The number of amides is 1. The zero-order chi connectivity index (χ0) is 37.8. The summed E-state index contributed by atoms with van der Waals surface area (Å²) in [4.78, 5) is 27.2. The molecule has 53 heavy (non-hydrogen) atoms. The highest BCUT2D eigenvalue weighted by Gasteiger charge is 2.34. The summed E-state index contributed by atoms with van der Waals surface area (Å²) in [5, 5.41) is 9.73. The number of anilines is 2. The van der Waals surface area contributed by atoms with E-state index in [1.165, 1.54) is 30.3 Å². The van der Waals surface area contributed by atoms with Gasteiger partial charge in [0.15, 0.2) is 23.3 Å². The molecule has 0 unspecified atom stereocenters. The summed E-state index contributed by atoms with van der Waals surface area (Å²) in [6, 6.07) is 14.4. The highest BCUT2D eigenvalue weighted by molar-refractivity contribution is 9.10. The van der Waals surface area contributed by atoms with Crippen LogP contribution >= 0.6 is 27.5 Å². The average molecular weight is 836 g/mol. The van der Waals surface area contributed by atoms with Gasteiger partial charge in [-0.1, -0.05) is 41.9 Å². The molecule has 1 amide bonds. The standard InChI is InChI=1S/C38H32BrClF4N2O6S/c39-28-3-1-2-22(32(28)40)15-27-33(41)34(42)35(43)36(44)37(27)45-53(50,51)18-31(47)46(29-11-8-23(38(48)49)16-30(29)52-26-9-10-26)17-19-12-24(20-4-5-20)14-25(13-19)21-6-7-21/h1-3,8,11-14,16,20-21,26,45H,4-7,9-10,15,17-18H2,(H,48,49). The van der Waals surface area contributed by atoms with Gasteiger partial charge in [-0.25, -0.2) is 30.8 Å². The molecular formula is C38H32BrClF4N2O6S. The number of carboxylic acids is 1. The van der Waals surface area contributed by atoms with E-state index in [0.717, 1.165) is 41.7 Å². The van der Waals surface area contributed by atoms with E-state index in [2.05, 4.69) is 22.0 Å². The lowest BCUT2D eigenvalue weighted by Gasteiger charge is -2.26. The van der Waals surface area contributed by atoms with Crippen LogP contribution in [0.3, 0.4) is 0 Å². The summed E-state index contributed by atoms with van der Waals surface area (Å²) in [5.41, 5.74) is 0.950. The molecule has 3 fully saturated rings. The summed E-state index contributed by atoms with van der Waals surface area (Å²) >= 11 is 9.50. The van der Waals surface area contributed by atoms with Crippen LogP contribution in [0.5, 0.6) is 5.75 Å². The molecule has 0 saturated heterocycles. The van der Waals surface area contributed by atoms with E-state index in [1.807, 2.05) is 12.1 Å². The van der Waals surface area contributed by atoms with Crippen LogP contribution in [0.4, 0.5) is 28.9 Å². The third-order valence-electron chi connectivity index (χ3n) is 9.43. The van der Waals surface area contributed by atoms with Gasteiger partial charge in [-0.05, 0) is 113 Å². The molecule has 0 radical (unpaired) electrons. The van der Waals surface area contributed by atoms with Gasteiger partial charge in [-0.2, -0.15) is 0 Å². The van der Waals surface area contributed by atoms with Crippen molar-refractivity contribution in [3.63, 3.8) is 0 Å². The van der Waals surface area contributed by atoms with Crippen molar-refractivity contribution in [1.29, 1.82) is 0 Å². The molecule has 4 aromatic carbocycles. The molecule has 7 rings (SSSR count). The summed E-state index contributed by atoms with van der Waals surface area (Å²) < 4.78 is 95.3. The van der Waals surface area contributed by atoms with Crippen molar-refractivity contribution < 1.29 is 45.4 Å². The molecular weight excluding hydrogens is 804 g/mol. The second kappa shape index (κ2) is 14.6. The Morgan fingerprint density at radius 2 is 1.53 bits per heavy atom. The molecule has 278 valence electrons. The normalized spacial score (nSPS) is 15.7. The Bertz CT molecular complexity index is 2230. The van der Waals surface area contributed by atoms with Crippen LogP contribution in [0.1, 0.15) is 88.5 Å². The number of aromatic carboxylic acids is 1. The second-order valence-corrected chi connectivity index (χ2v) is 16.7. The first-order chi connectivity index (χ1) is 25.2. The molecule has 0 aliphatic heterocycles. The van der Waals surface area contributed by atoms with E-state index >= 15 is 8.78 Å². The predicted molar refractivity (Wildman–Crippen MR) is 194 cm³/mol. The zero-order valence-corrected chi connectivity index (χ0v) is 31.1. The molecule has 8 nitrogen and oxygen atoms in total. The second-order valence-electron chi connectivity index (χ2n) is 13.7. The van der Waals surface area contributed by atoms with Crippen molar-refractivity contribution in [2.24, 2.45) is 0 Å². The van der Waals surface area contributed by atoms with Crippen molar-refractivity contribution in [2.45, 2.75) is 69.4 Å². The fourth-order valence-electron chi connectivity index (χ4n) is 6.22. The number of nitrogens with one attached hydrogen (secondary N) is 1. The van der Waals surface area contributed by atoms with Crippen molar-refractivity contribution in [3.05, 3.63) is 121 Å². The fourth-order valence-corrected chi connectivity index (χ4v) is 7.90. The van der Waals surface area contributed by atoms with Crippen molar-refractivity contribution >= 4 is 60.8 Å². The van der Waals surface area contributed by atoms with Crippen LogP contribution in [0.2, 0.25) is 5.02 Å². The van der Waals surface area contributed by atoms with Crippen LogP contribution < -0.4 is 14.4 Å². The molecule has 4 aromatic rings. The van der Waals surface area contributed by atoms with E-state index in [9.17, 15) is 31.9 Å².